The fraction of sp³-hybridized carbons (Fsp3) is 0.167. The van der Waals surface area contributed by atoms with Crippen LogP contribution in [0.5, 0.6) is 5.75 Å². The number of fused-ring (bicyclic) bond motifs is 1. The topological polar surface area (TPSA) is 57.2 Å². The molecule has 0 atom stereocenters. The number of pyridine rings is 1. The van der Waals surface area contributed by atoms with Crippen molar-refractivity contribution in [1.29, 1.82) is 0 Å². The standard InChI is InChI=1S/C18H17FN2O2/c19-14-2-7-17-13(12-14)8-10-21(18(17)22)9-1-11-23-16-5-3-15(20)4-6-16/h2-8,10,12H,1,9,11,20H2. The number of anilines is 1. The summed E-state index contributed by atoms with van der Waals surface area (Å²) in [5, 5.41) is 1.14. The Hall–Kier alpha value is -2.82. The molecule has 0 fully saturated rings. The summed E-state index contributed by atoms with van der Waals surface area (Å²) < 4.78 is 20.4. The molecule has 4 nitrogen and oxygen atoms in total. The van der Waals surface area contributed by atoms with Crippen molar-refractivity contribution >= 4 is 16.5 Å². The van der Waals surface area contributed by atoms with Crippen LogP contribution in [-0.2, 0) is 6.54 Å². The van der Waals surface area contributed by atoms with E-state index in [-0.39, 0.29) is 11.4 Å². The van der Waals surface area contributed by atoms with Crippen LogP contribution < -0.4 is 16.0 Å². The van der Waals surface area contributed by atoms with Crippen molar-refractivity contribution < 1.29 is 9.13 Å². The molecule has 23 heavy (non-hydrogen) atoms. The van der Waals surface area contributed by atoms with Gasteiger partial charge in [0.2, 0.25) is 0 Å². The van der Waals surface area contributed by atoms with E-state index in [1.807, 2.05) is 12.1 Å². The lowest BCUT2D eigenvalue weighted by Gasteiger charge is -2.09. The highest BCUT2D eigenvalue weighted by atomic mass is 19.1. The van der Waals surface area contributed by atoms with Gasteiger partial charge in [0.05, 0.1) is 6.61 Å². The number of halogens is 1. The van der Waals surface area contributed by atoms with Crippen molar-refractivity contribution in [2.75, 3.05) is 12.3 Å². The van der Waals surface area contributed by atoms with Gasteiger partial charge in [-0.1, -0.05) is 0 Å². The molecule has 0 spiro atoms. The van der Waals surface area contributed by atoms with Crippen LogP contribution in [0, 0.1) is 5.82 Å². The van der Waals surface area contributed by atoms with E-state index in [9.17, 15) is 9.18 Å². The zero-order valence-corrected chi connectivity index (χ0v) is 12.5. The molecule has 2 aromatic carbocycles. The highest BCUT2D eigenvalue weighted by Gasteiger charge is 2.04. The molecular weight excluding hydrogens is 295 g/mol. The van der Waals surface area contributed by atoms with Crippen molar-refractivity contribution in [2.45, 2.75) is 13.0 Å². The van der Waals surface area contributed by atoms with Crippen molar-refractivity contribution in [3.63, 3.8) is 0 Å². The second kappa shape index (κ2) is 6.52. The molecule has 5 heteroatoms. The van der Waals surface area contributed by atoms with Gasteiger partial charge >= 0.3 is 0 Å². The molecule has 1 aromatic heterocycles. The van der Waals surface area contributed by atoms with Gasteiger partial charge < -0.3 is 15.0 Å². The monoisotopic (exact) mass is 312 g/mol. The maximum absolute atomic E-state index is 13.2. The predicted octanol–water partition coefficient (Wildman–Crippen LogP) is 3.19. The fourth-order valence-electron chi connectivity index (χ4n) is 2.42. The Bertz CT molecular complexity index is 872. The number of hydrogen-bond donors (Lipinski definition) is 1. The summed E-state index contributed by atoms with van der Waals surface area (Å²) in [5.41, 5.74) is 6.19. The molecule has 0 radical (unpaired) electrons. The van der Waals surface area contributed by atoms with Gasteiger partial charge in [0.1, 0.15) is 11.6 Å². The number of nitrogen functional groups attached to an aromatic ring is 1. The fourth-order valence-corrected chi connectivity index (χ4v) is 2.42. The molecular formula is C18H17FN2O2. The van der Waals surface area contributed by atoms with Gasteiger partial charge in [-0.25, -0.2) is 4.39 Å². The predicted molar refractivity (Wildman–Crippen MR) is 89.1 cm³/mol. The summed E-state index contributed by atoms with van der Waals surface area (Å²) in [6.07, 6.45) is 2.38. The Morgan fingerprint density at radius 3 is 2.65 bits per heavy atom. The first kappa shape index (κ1) is 15.1. The Labute approximate surface area is 132 Å². The molecule has 0 aliphatic rings. The van der Waals surface area contributed by atoms with Crippen LogP contribution in [0.25, 0.3) is 10.8 Å². The first-order valence-electron chi connectivity index (χ1n) is 7.40. The van der Waals surface area contributed by atoms with E-state index in [4.69, 9.17) is 10.5 Å². The minimum Gasteiger partial charge on any atom is -0.494 e. The Kier molecular flexibility index (Phi) is 4.28. The Balaban J connectivity index is 1.63. The number of nitrogens with two attached hydrogens (primary N) is 1. The summed E-state index contributed by atoms with van der Waals surface area (Å²) in [4.78, 5) is 12.3. The van der Waals surface area contributed by atoms with Crippen molar-refractivity contribution in [1.82, 2.24) is 4.57 Å². The average molecular weight is 312 g/mol. The van der Waals surface area contributed by atoms with Crippen LogP contribution in [0.15, 0.2) is 59.5 Å². The number of aryl methyl sites for hydroxylation is 1. The summed E-state index contributed by atoms with van der Waals surface area (Å²) >= 11 is 0. The molecule has 3 aromatic rings. The zero-order valence-electron chi connectivity index (χ0n) is 12.5. The van der Waals surface area contributed by atoms with Crippen molar-refractivity contribution in [3.05, 3.63) is 70.9 Å². The molecule has 0 saturated heterocycles. The van der Waals surface area contributed by atoms with E-state index in [2.05, 4.69) is 0 Å². The highest BCUT2D eigenvalue weighted by Crippen LogP contribution is 2.14. The quantitative estimate of drug-likeness (QED) is 0.581. The van der Waals surface area contributed by atoms with Crippen LogP contribution in [0.1, 0.15) is 6.42 Å². The number of ether oxygens (including phenoxy) is 1. The van der Waals surface area contributed by atoms with E-state index in [1.54, 1.807) is 29.0 Å². The second-order valence-corrected chi connectivity index (χ2v) is 5.32. The molecule has 0 aliphatic carbocycles. The molecule has 0 amide bonds. The van der Waals surface area contributed by atoms with E-state index in [1.165, 1.54) is 18.2 Å². The van der Waals surface area contributed by atoms with E-state index >= 15 is 0 Å². The normalized spacial score (nSPS) is 10.8. The lowest BCUT2D eigenvalue weighted by atomic mass is 10.1. The maximum atomic E-state index is 13.2. The van der Waals surface area contributed by atoms with Crippen molar-refractivity contribution in [2.24, 2.45) is 0 Å². The number of hydrogen-bond acceptors (Lipinski definition) is 3. The lowest BCUT2D eigenvalue weighted by Crippen LogP contribution is -2.20. The Morgan fingerprint density at radius 1 is 1.09 bits per heavy atom. The lowest BCUT2D eigenvalue weighted by molar-refractivity contribution is 0.301. The van der Waals surface area contributed by atoms with Gasteiger partial charge in [-0.2, -0.15) is 0 Å². The van der Waals surface area contributed by atoms with Gasteiger partial charge in [0.15, 0.2) is 0 Å². The van der Waals surface area contributed by atoms with Crippen LogP contribution in [-0.4, -0.2) is 11.2 Å². The Morgan fingerprint density at radius 2 is 1.87 bits per heavy atom. The number of rotatable bonds is 5. The summed E-state index contributed by atoms with van der Waals surface area (Å²) in [6.45, 7) is 1.04. The molecule has 118 valence electrons. The number of aromatic nitrogens is 1. The highest BCUT2D eigenvalue weighted by molar-refractivity contribution is 5.81. The second-order valence-electron chi connectivity index (χ2n) is 5.32. The average Bonchev–Trinajstić information content (AvgIpc) is 2.55. The maximum Gasteiger partial charge on any atom is 0.258 e. The first-order chi connectivity index (χ1) is 11.1. The van der Waals surface area contributed by atoms with E-state index < -0.39 is 0 Å². The minimum atomic E-state index is -0.341. The van der Waals surface area contributed by atoms with Crippen LogP contribution in [0.3, 0.4) is 0 Å². The summed E-state index contributed by atoms with van der Waals surface area (Å²) in [6, 6.07) is 13.1. The van der Waals surface area contributed by atoms with E-state index in [0.29, 0.717) is 36.0 Å². The SMILES string of the molecule is Nc1ccc(OCCCn2ccc3cc(F)ccc3c2=O)cc1. The third kappa shape index (κ3) is 3.51. The van der Waals surface area contributed by atoms with Gasteiger partial charge in [-0.05, 0) is 60.3 Å². The molecule has 3 rings (SSSR count). The van der Waals surface area contributed by atoms with Gasteiger partial charge in [0.25, 0.3) is 5.56 Å². The van der Waals surface area contributed by atoms with Crippen LogP contribution in [0.4, 0.5) is 10.1 Å². The summed E-state index contributed by atoms with van der Waals surface area (Å²) in [7, 11) is 0. The number of nitrogens with zero attached hydrogens (tertiary/aromatic N) is 1. The largest absolute Gasteiger partial charge is 0.494 e. The van der Waals surface area contributed by atoms with Crippen molar-refractivity contribution in [3.8, 4) is 5.75 Å². The van der Waals surface area contributed by atoms with E-state index in [0.717, 1.165) is 5.75 Å². The molecule has 0 unspecified atom stereocenters. The first-order valence-corrected chi connectivity index (χ1v) is 7.40. The summed E-state index contributed by atoms with van der Waals surface area (Å²) in [5.74, 6) is 0.409. The van der Waals surface area contributed by atoms with Crippen LogP contribution in [0.2, 0.25) is 0 Å². The molecule has 1 heterocycles. The number of benzene rings is 2. The van der Waals surface area contributed by atoms with Crippen LogP contribution >= 0.6 is 0 Å². The van der Waals surface area contributed by atoms with Gasteiger partial charge in [0, 0.05) is 23.8 Å². The molecule has 0 saturated carbocycles. The minimum absolute atomic E-state index is 0.116. The van der Waals surface area contributed by atoms with Gasteiger partial charge in [-0.15, -0.1) is 0 Å². The third-order valence-electron chi connectivity index (χ3n) is 3.63. The smallest absolute Gasteiger partial charge is 0.258 e. The third-order valence-corrected chi connectivity index (χ3v) is 3.63. The molecule has 0 aliphatic heterocycles. The van der Waals surface area contributed by atoms with Gasteiger partial charge in [-0.3, -0.25) is 4.79 Å². The zero-order chi connectivity index (χ0) is 16.2. The molecule has 2 N–H and O–H groups in total. The molecule has 0 bridgehead atoms.